The van der Waals surface area contributed by atoms with Crippen LogP contribution in [0, 0.1) is 17.8 Å². The minimum absolute atomic E-state index is 0. The number of carbonyl (C=O) groups excluding carboxylic acids is 2. The van der Waals surface area contributed by atoms with E-state index in [2.05, 4.69) is 10.6 Å². The SMILES string of the molecule is Cl.NC1CCN(C(=O)CCNC(=O)NC23CC4CC(CC(C4)C2)C3)CC1. The fourth-order valence-corrected chi connectivity index (χ4v) is 6.14. The van der Waals surface area contributed by atoms with Crippen LogP contribution in [0.5, 0.6) is 0 Å². The summed E-state index contributed by atoms with van der Waals surface area (Å²) < 4.78 is 0. The van der Waals surface area contributed by atoms with Crippen LogP contribution in [0.1, 0.15) is 57.8 Å². The zero-order valence-electron chi connectivity index (χ0n) is 15.5. The van der Waals surface area contributed by atoms with Crippen molar-refractivity contribution in [3.05, 3.63) is 0 Å². The second-order valence-electron chi connectivity index (χ2n) is 9.05. The van der Waals surface area contributed by atoms with E-state index in [1.807, 2.05) is 4.90 Å². The summed E-state index contributed by atoms with van der Waals surface area (Å²) in [5.74, 6) is 2.58. The highest BCUT2D eigenvalue weighted by atomic mass is 35.5. The number of hydrogen-bond donors (Lipinski definition) is 3. The fourth-order valence-electron chi connectivity index (χ4n) is 6.14. The topological polar surface area (TPSA) is 87.5 Å². The van der Waals surface area contributed by atoms with E-state index >= 15 is 0 Å². The number of piperidine rings is 1. The van der Waals surface area contributed by atoms with Gasteiger partial charge in [-0.05, 0) is 69.1 Å². The summed E-state index contributed by atoms with van der Waals surface area (Å²) in [6, 6.07) is 0.142. The average molecular weight is 385 g/mol. The molecule has 148 valence electrons. The number of halogens is 1. The van der Waals surface area contributed by atoms with Crippen LogP contribution in [0.15, 0.2) is 0 Å². The summed E-state index contributed by atoms with van der Waals surface area (Å²) in [7, 11) is 0. The first-order valence-electron chi connectivity index (χ1n) is 10.1. The van der Waals surface area contributed by atoms with E-state index in [0.717, 1.165) is 62.9 Å². The molecule has 0 unspecified atom stereocenters. The Kier molecular flexibility index (Phi) is 6.02. The number of amides is 3. The van der Waals surface area contributed by atoms with Crippen molar-refractivity contribution in [2.24, 2.45) is 23.5 Å². The van der Waals surface area contributed by atoms with Gasteiger partial charge in [0.25, 0.3) is 0 Å². The van der Waals surface area contributed by atoms with Crippen LogP contribution in [0.2, 0.25) is 0 Å². The van der Waals surface area contributed by atoms with Gasteiger partial charge in [-0.25, -0.2) is 4.79 Å². The van der Waals surface area contributed by atoms with Crippen LogP contribution in [-0.4, -0.2) is 48.1 Å². The monoisotopic (exact) mass is 384 g/mol. The zero-order valence-corrected chi connectivity index (χ0v) is 16.4. The maximum absolute atomic E-state index is 12.4. The van der Waals surface area contributed by atoms with Crippen molar-refractivity contribution < 1.29 is 9.59 Å². The molecular weight excluding hydrogens is 352 g/mol. The highest BCUT2D eigenvalue weighted by Gasteiger charge is 2.51. The van der Waals surface area contributed by atoms with Crippen molar-refractivity contribution in [2.75, 3.05) is 19.6 Å². The molecule has 1 heterocycles. The standard InChI is InChI=1S/C19H32N4O2.ClH/c20-16-2-5-23(6-3-16)17(24)1-4-21-18(25)22-19-10-13-7-14(11-19)9-15(8-13)12-19;/h13-16H,1-12,20H2,(H2,21,22,25);1H. The zero-order chi connectivity index (χ0) is 17.4. The number of nitrogens with two attached hydrogens (primary N) is 1. The molecule has 4 bridgehead atoms. The van der Waals surface area contributed by atoms with Crippen molar-refractivity contribution in [3.8, 4) is 0 Å². The maximum atomic E-state index is 12.4. The molecule has 5 aliphatic rings. The quantitative estimate of drug-likeness (QED) is 0.692. The van der Waals surface area contributed by atoms with Crippen LogP contribution in [0.3, 0.4) is 0 Å². The lowest BCUT2D eigenvalue weighted by Crippen LogP contribution is -2.61. The third kappa shape index (κ3) is 4.28. The Labute approximate surface area is 162 Å². The summed E-state index contributed by atoms with van der Waals surface area (Å²) in [4.78, 5) is 26.5. The molecule has 0 aromatic carbocycles. The maximum Gasteiger partial charge on any atom is 0.315 e. The van der Waals surface area contributed by atoms with Gasteiger partial charge in [-0.3, -0.25) is 4.79 Å². The van der Waals surface area contributed by atoms with Gasteiger partial charge in [-0.15, -0.1) is 12.4 Å². The Balaban J connectivity index is 0.00000196. The predicted octanol–water partition coefficient (Wildman–Crippen LogP) is 2.02. The predicted molar refractivity (Wildman–Crippen MR) is 103 cm³/mol. The number of hydrogen-bond acceptors (Lipinski definition) is 3. The van der Waals surface area contributed by atoms with Crippen LogP contribution in [-0.2, 0) is 4.79 Å². The molecule has 4 aliphatic carbocycles. The first-order chi connectivity index (χ1) is 12.0. The lowest BCUT2D eigenvalue weighted by atomic mass is 9.53. The minimum Gasteiger partial charge on any atom is -0.343 e. The van der Waals surface area contributed by atoms with Gasteiger partial charge < -0.3 is 21.3 Å². The molecule has 4 N–H and O–H groups in total. The molecule has 6 nitrogen and oxygen atoms in total. The van der Waals surface area contributed by atoms with Gasteiger partial charge in [0.15, 0.2) is 0 Å². The van der Waals surface area contributed by atoms with E-state index < -0.39 is 0 Å². The smallest absolute Gasteiger partial charge is 0.315 e. The van der Waals surface area contributed by atoms with Crippen LogP contribution >= 0.6 is 12.4 Å². The van der Waals surface area contributed by atoms with Crippen molar-refractivity contribution in [1.29, 1.82) is 0 Å². The van der Waals surface area contributed by atoms with Gasteiger partial charge in [0, 0.05) is 37.6 Å². The highest BCUT2D eigenvalue weighted by Crippen LogP contribution is 2.55. The molecule has 0 spiro atoms. The van der Waals surface area contributed by atoms with E-state index in [4.69, 9.17) is 5.73 Å². The first kappa shape index (κ1) is 19.7. The van der Waals surface area contributed by atoms with E-state index in [9.17, 15) is 9.59 Å². The van der Waals surface area contributed by atoms with Crippen LogP contribution < -0.4 is 16.4 Å². The van der Waals surface area contributed by atoms with Crippen molar-refractivity contribution in [1.82, 2.24) is 15.5 Å². The van der Waals surface area contributed by atoms with E-state index in [1.54, 1.807) is 0 Å². The molecule has 4 saturated carbocycles. The van der Waals surface area contributed by atoms with Gasteiger partial charge in [-0.2, -0.15) is 0 Å². The normalized spacial score (nSPS) is 35.7. The molecule has 7 heteroatoms. The molecule has 0 atom stereocenters. The Morgan fingerprint density at radius 1 is 1.00 bits per heavy atom. The summed E-state index contributed by atoms with van der Waals surface area (Å²) in [5.41, 5.74) is 5.91. The largest absolute Gasteiger partial charge is 0.343 e. The van der Waals surface area contributed by atoms with Gasteiger partial charge in [0.1, 0.15) is 0 Å². The lowest BCUT2D eigenvalue weighted by molar-refractivity contribution is -0.132. The van der Waals surface area contributed by atoms with E-state index in [0.29, 0.717) is 13.0 Å². The summed E-state index contributed by atoms with van der Waals surface area (Å²) in [6.45, 7) is 1.92. The number of carbonyl (C=O) groups is 2. The van der Waals surface area contributed by atoms with Gasteiger partial charge in [0.2, 0.25) is 5.91 Å². The van der Waals surface area contributed by atoms with Gasteiger partial charge in [0.05, 0.1) is 0 Å². The molecule has 0 aromatic rings. The van der Waals surface area contributed by atoms with Crippen molar-refractivity contribution >= 4 is 24.3 Å². The fraction of sp³-hybridized carbons (Fsp3) is 0.895. The highest BCUT2D eigenvalue weighted by molar-refractivity contribution is 5.85. The van der Waals surface area contributed by atoms with Crippen molar-refractivity contribution in [3.63, 3.8) is 0 Å². The first-order valence-corrected chi connectivity index (χ1v) is 10.1. The van der Waals surface area contributed by atoms with Crippen molar-refractivity contribution in [2.45, 2.75) is 69.4 Å². The number of likely N-dealkylation sites (tertiary alicyclic amines) is 1. The number of nitrogens with one attached hydrogen (secondary N) is 2. The second kappa shape index (κ2) is 7.93. The molecular formula is C19H33ClN4O2. The summed E-state index contributed by atoms with van der Waals surface area (Å²) in [5, 5.41) is 6.21. The molecule has 5 rings (SSSR count). The Bertz CT molecular complexity index is 498. The Morgan fingerprint density at radius 2 is 1.54 bits per heavy atom. The number of urea groups is 1. The third-order valence-electron chi connectivity index (χ3n) is 6.93. The number of rotatable bonds is 4. The molecule has 3 amide bonds. The summed E-state index contributed by atoms with van der Waals surface area (Å²) >= 11 is 0. The Morgan fingerprint density at radius 3 is 2.08 bits per heavy atom. The molecule has 0 radical (unpaired) electrons. The molecule has 26 heavy (non-hydrogen) atoms. The molecule has 5 fully saturated rings. The Hall–Kier alpha value is -1.01. The second-order valence-corrected chi connectivity index (χ2v) is 9.05. The molecule has 1 aliphatic heterocycles. The van der Waals surface area contributed by atoms with Crippen LogP contribution in [0.25, 0.3) is 0 Å². The lowest BCUT2D eigenvalue weighted by Gasteiger charge is -2.56. The molecule has 0 aromatic heterocycles. The van der Waals surface area contributed by atoms with Gasteiger partial charge in [-0.1, -0.05) is 0 Å². The third-order valence-corrected chi connectivity index (χ3v) is 6.93. The molecule has 1 saturated heterocycles. The van der Waals surface area contributed by atoms with E-state index in [-0.39, 0.29) is 35.9 Å². The number of nitrogens with zero attached hydrogens (tertiary/aromatic N) is 1. The van der Waals surface area contributed by atoms with Gasteiger partial charge >= 0.3 is 6.03 Å². The van der Waals surface area contributed by atoms with E-state index in [1.165, 1.54) is 19.3 Å². The van der Waals surface area contributed by atoms with Crippen LogP contribution in [0.4, 0.5) is 4.79 Å². The average Bonchev–Trinajstić information content (AvgIpc) is 2.53. The minimum atomic E-state index is -0.0876. The summed E-state index contributed by atoms with van der Waals surface area (Å²) in [6.07, 6.45) is 9.71.